The van der Waals surface area contributed by atoms with Gasteiger partial charge < -0.3 is 30.1 Å². The molecule has 2 saturated heterocycles. The molecule has 0 aromatic carbocycles. The number of hydrogen-bond donors (Lipinski definition) is 4. The van der Waals surface area contributed by atoms with Gasteiger partial charge in [-0.3, -0.25) is 14.1 Å². The van der Waals surface area contributed by atoms with Crippen LogP contribution in [0.1, 0.15) is 31.7 Å². The average molecular weight is 652 g/mol. The number of nitrogen functional groups attached to an aromatic ring is 1. The molecule has 1 unspecified atom stereocenters. The van der Waals surface area contributed by atoms with E-state index in [1.165, 1.54) is 19.2 Å². The second-order valence-corrected chi connectivity index (χ2v) is 12.7. The maximum absolute atomic E-state index is 13.3. The van der Waals surface area contributed by atoms with Crippen molar-refractivity contribution in [1.29, 1.82) is 0 Å². The lowest BCUT2D eigenvalue weighted by Gasteiger charge is -2.50. The number of nitrogens with one attached hydrogen (secondary N) is 1. The van der Waals surface area contributed by atoms with E-state index in [0.29, 0.717) is 22.4 Å². The summed E-state index contributed by atoms with van der Waals surface area (Å²) in [7, 11) is -4.98. The van der Waals surface area contributed by atoms with Gasteiger partial charge in [-0.05, 0) is 51.4 Å². The molecule has 3 aromatic rings. The number of rotatable bonds is 14. The Hall–Kier alpha value is -4.17. The first-order valence-electron chi connectivity index (χ1n) is 13.2. The number of ether oxygens (including phenoxy) is 1. The quantitative estimate of drug-likeness (QED) is 0.0795. The highest BCUT2D eigenvalue weighted by atomic mass is 32.3. The van der Waals surface area contributed by atoms with E-state index in [2.05, 4.69) is 24.7 Å². The molecule has 1 amide bonds. The normalized spacial score (nSPS) is 19.3. The van der Waals surface area contributed by atoms with Crippen molar-refractivity contribution in [2.24, 2.45) is 17.0 Å². The molecule has 2 fully saturated rings. The minimum absolute atomic E-state index is 0.0165. The summed E-state index contributed by atoms with van der Waals surface area (Å²) in [5.41, 5.74) is 5.62. The van der Waals surface area contributed by atoms with Crippen LogP contribution in [0.5, 0.6) is 5.75 Å². The van der Waals surface area contributed by atoms with E-state index in [0.717, 1.165) is 36.5 Å². The molecule has 0 aliphatic carbocycles. The topological polar surface area (TPSA) is 237 Å². The van der Waals surface area contributed by atoms with Crippen molar-refractivity contribution in [2.45, 2.75) is 38.3 Å². The predicted molar refractivity (Wildman–Crippen MR) is 153 cm³/mol. The van der Waals surface area contributed by atoms with E-state index in [1.54, 1.807) is 22.7 Å². The number of carboxylic acid groups (broad SMARTS) is 1. The number of hydroxylamine groups is 2. The van der Waals surface area contributed by atoms with Crippen LogP contribution in [0.3, 0.4) is 0 Å². The summed E-state index contributed by atoms with van der Waals surface area (Å²) in [6.07, 6.45) is 2.25. The Morgan fingerprint density at radius 3 is 2.61 bits per heavy atom. The van der Waals surface area contributed by atoms with Crippen molar-refractivity contribution in [1.82, 2.24) is 24.7 Å². The number of ketones is 1. The minimum atomic E-state index is -4.98. The van der Waals surface area contributed by atoms with E-state index < -0.39 is 64.4 Å². The monoisotopic (exact) mass is 651 g/mol. The number of hydrogen-bond acceptors (Lipinski definition) is 14. The van der Waals surface area contributed by atoms with Crippen LogP contribution in [0.25, 0.3) is 5.65 Å². The molecule has 5 N–H and O–H groups in total. The van der Waals surface area contributed by atoms with Crippen LogP contribution in [0.4, 0.5) is 5.13 Å². The highest BCUT2D eigenvalue weighted by molar-refractivity contribution is 7.80. The number of carboxylic acids is 1. The fourth-order valence-electron chi connectivity index (χ4n) is 4.72. The number of thiazole rings is 1. The Morgan fingerprint density at radius 2 is 2.02 bits per heavy atom. The van der Waals surface area contributed by atoms with E-state index in [9.17, 15) is 27.9 Å². The number of β-lactam (4-membered cyclic amide) rings is 1. The summed E-state index contributed by atoms with van der Waals surface area (Å²) in [5, 5.41) is 18.7. The van der Waals surface area contributed by atoms with Gasteiger partial charge in [-0.1, -0.05) is 5.16 Å². The standard InChI is InChI=1S/C25H29N7O10S2/c1-25(2)16(22(34)32(25)42-44(37,38)39)6-18(33)21(17-12-43-24(26)29-17)30-41-19(23(35)36)11-40-15-3-4-20-28-14(9-31(20)10-15)5-13-7-27-8-13/h3-4,9-10,12-13,16,19,27H,5-8,11H2,1-2H3,(H2,26,29)(H,35,36)(H,37,38,39)/b30-21-/t16-,19?/m1/s1. The van der Waals surface area contributed by atoms with Crippen molar-refractivity contribution in [3.05, 3.63) is 41.3 Å². The van der Waals surface area contributed by atoms with Crippen LogP contribution in [0.15, 0.2) is 35.1 Å². The number of anilines is 1. The number of nitrogens with two attached hydrogens (primary N) is 1. The van der Waals surface area contributed by atoms with Gasteiger partial charge in [0.05, 0.1) is 23.3 Å². The third-order valence-corrected chi connectivity index (χ3v) is 8.26. The molecule has 0 bridgehead atoms. The van der Waals surface area contributed by atoms with Gasteiger partial charge in [0, 0.05) is 18.0 Å². The lowest BCUT2D eigenvalue weighted by Crippen LogP contribution is -2.68. The SMILES string of the molecule is CC1(C)[C@H](CC(=O)/C(=N\OC(COc2ccc3nc(CC4CNC4)cn3c2)C(=O)O)c2csc(N)n2)C(=O)N1OS(=O)(=O)O. The van der Waals surface area contributed by atoms with Crippen LogP contribution in [0.2, 0.25) is 0 Å². The number of nitrogens with zero attached hydrogens (tertiary/aromatic N) is 5. The van der Waals surface area contributed by atoms with Crippen LogP contribution in [-0.2, 0) is 40.3 Å². The third-order valence-electron chi connectivity index (χ3n) is 7.25. The number of imidazole rings is 1. The molecular formula is C25H29N7O10S2. The molecule has 2 atom stereocenters. The summed E-state index contributed by atoms with van der Waals surface area (Å²) in [6.45, 7) is 4.28. The van der Waals surface area contributed by atoms with E-state index >= 15 is 0 Å². The van der Waals surface area contributed by atoms with Gasteiger partial charge in [-0.25, -0.2) is 14.8 Å². The number of carbonyl (C=O) groups is 3. The molecule has 19 heteroatoms. The van der Waals surface area contributed by atoms with Gasteiger partial charge in [0.15, 0.2) is 16.6 Å². The second-order valence-electron chi connectivity index (χ2n) is 10.8. The molecule has 44 heavy (non-hydrogen) atoms. The molecule has 2 aliphatic heterocycles. The van der Waals surface area contributed by atoms with Crippen molar-refractivity contribution < 1.29 is 46.3 Å². The molecular weight excluding hydrogens is 622 g/mol. The number of Topliss-reactive ketones (excluding diaryl/α,β-unsaturated/α-hetero) is 1. The third kappa shape index (κ3) is 6.81. The van der Waals surface area contributed by atoms with Crippen LogP contribution in [-0.4, -0.2) is 92.2 Å². The lowest BCUT2D eigenvalue weighted by molar-refractivity contribution is -0.228. The van der Waals surface area contributed by atoms with Crippen molar-refractivity contribution in [3.63, 3.8) is 0 Å². The zero-order chi connectivity index (χ0) is 31.8. The van der Waals surface area contributed by atoms with Crippen LogP contribution in [0, 0.1) is 11.8 Å². The van der Waals surface area contributed by atoms with Crippen molar-refractivity contribution in [3.8, 4) is 5.75 Å². The second kappa shape index (κ2) is 12.1. The van der Waals surface area contributed by atoms with Gasteiger partial charge in [0.25, 0.3) is 12.0 Å². The molecule has 0 spiro atoms. The van der Waals surface area contributed by atoms with Gasteiger partial charge >= 0.3 is 16.4 Å². The number of pyridine rings is 1. The number of aromatic nitrogens is 3. The molecule has 236 valence electrons. The summed E-state index contributed by atoms with van der Waals surface area (Å²) in [4.78, 5) is 51.6. The first-order valence-corrected chi connectivity index (χ1v) is 15.5. The van der Waals surface area contributed by atoms with Gasteiger partial charge in [0.1, 0.15) is 23.7 Å². The van der Waals surface area contributed by atoms with Crippen molar-refractivity contribution >= 4 is 55.9 Å². The molecule has 5 rings (SSSR count). The Bertz CT molecular complexity index is 1730. The Labute approximate surface area is 254 Å². The zero-order valence-corrected chi connectivity index (χ0v) is 25.1. The van der Waals surface area contributed by atoms with Crippen molar-refractivity contribution in [2.75, 3.05) is 25.4 Å². The van der Waals surface area contributed by atoms with Gasteiger partial charge in [0.2, 0.25) is 0 Å². The average Bonchev–Trinajstić information content (AvgIpc) is 3.54. The molecule has 0 saturated carbocycles. The van der Waals surface area contributed by atoms with Gasteiger partial charge in [-0.15, -0.1) is 15.6 Å². The molecule has 3 aromatic heterocycles. The highest BCUT2D eigenvalue weighted by Gasteiger charge is 2.57. The number of amides is 1. The lowest BCUT2D eigenvalue weighted by atomic mass is 9.74. The minimum Gasteiger partial charge on any atom is -0.487 e. The Morgan fingerprint density at radius 1 is 1.27 bits per heavy atom. The molecule has 17 nitrogen and oxygen atoms in total. The fraction of sp³-hybridized carbons (Fsp3) is 0.440. The maximum atomic E-state index is 13.3. The van der Waals surface area contributed by atoms with E-state index in [1.807, 2.05) is 6.20 Å². The fourth-order valence-corrected chi connectivity index (χ4v) is 5.72. The predicted octanol–water partition coefficient (Wildman–Crippen LogP) is 0.318. The van der Waals surface area contributed by atoms with Gasteiger partial charge in [-0.2, -0.15) is 13.5 Å². The Kier molecular flexibility index (Phi) is 8.58. The molecule has 5 heterocycles. The number of fused-ring (bicyclic) bond motifs is 1. The zero-order valence-electron chi connectivity index (χ0n) is 23.4. The van der Waals surface area contributed by atoms with E-state index in [-0.39, 0.29) is 10.8 Å². The number of carbonyl (C=O) groups excluding carboxylic acids is 2. The first kappa shape index (κ1) is 31.3. The summed E-state index contributed by atoms with van der Waals surface area (Å²) in [5.74, 6) is -3.25. The largest absolute Gasteiger partial charge is 0.487 e. The maximum Gasteiger partial charge on any atom is 0.418 e. The summed E-state index contributed by atoms with van der Waals surface area (Å²) >= 11 is 0.991. The molecule has 2 aliphatic rings. The summed E-state index contributed by atoms with van der Waals surface area (Å²) < 4.78 is 42.9. The first-order chi connectivity index (χ1) is 20.7. The highest BCUT2D eigenvalue weighted by Crippen LogP contribution is 2.40. The number of aliphatic carboxylic acids is 1. The van der Waals surface area contributed by atoms with Crippen LogP contribution >= 0.6 is 11.3 Å². The van der Waals surface area contributed by atoms with Crippen LogP contribution < -0.4 is 15.8 Å². The number of oxime groups is 1. The Balaban J connectivity index is 1.27. The van der Waals surface area contributed by atoms with E-state index in [4.69, 9.17) is 19.9 Å². The molecule has 0 radical (unpaired) electrons. The smallest absolute Gasteiger partial charge is 0.418 e. The summed E-state index contributed by atoms with van der Waals surface area (Å²) in [6, 6.07) is 3.38.